The SMILES string of the molecule is Cc1nnc(SC2(Br)C(=O)ON=C2c2ccccc2)n1Nc1ccccc1. The zero-order chi connectivity index (χ0) is 18.9. The molecule has 0 amide bonds. The van der Waals surface area contributed by atoms with Crippen molar-refractivity contribution in [3.05, 3.63) is 72.1 Å². The van der Waals surface area contributed by atoms with Crippen LogP contribution in [0.3, 0.4) is 0 Å². The maximum Gasteiger partial charge on any atom is 0.368 e. The number of benzene rings is 2. The van der Waals surface area contributed by atoms with Crippen LogP contribution >= 0.6 is 27.7 Å². The summed E-state index contributed by atoms with van der Waals surface area (Å²) in [5.41, 5.74) is 5.37. The van der Waals surface area contributed by atoms with Crippen LogP contribution in [-0.2, 0) is 9.63 Å². The molecule has 27 heavy (non-hydrogen) atoms. The van der Waals surface area contributed by atoms with E-state index in [1.165, 1.54) is 11.8 Å². The molecule has 136 valence electrons. The monoisotopic (exact) mass is 443 g/mol. The highest BCUT2D eigenvalue weighted by molar-refractivity contribution is 9.12. The Kier molecular flexibility index (Phi) is 4.71. The number of para-hydroxylation sites is 1. The van der Waals surface area contributed by atoms with Crippen molar-refractivity contribution in [3.8, 4) is 0 Å². The molecule has 1 unspecified atom stereocenters. The number of rotatable bonds is 5. The van der Waals surface area contributed by atoms with Gasteiger partial charge < -0.3 is 4.84 Å². The van der Waals surface area contributed by atoms with Gasteiger partial charge in [-0.25, -0.2) is 9.47 Å². The molecule has 4 rings (SSSR count). The summed E-state index contributed by atoms with van der Waals surface area (Å²) in [5, 5.41) is 12.8. The molecular formula is C18H14BrN5O2S. The van der Waals surface area contributed by atoms with Gasteiger partial charge in [0.1, 0.15) is 11.5 Å². The third kappa shape index (κ3) is 3.35. The zero-order valence-corrected chi connectivity index (χ0v) is 16.6. The third-order valence-corrected chi connectivity index (χ3v) is 6.15. The normalized spacial score (nSPS) is 18.9. The Balaban J connectivity index is 1.67. The van der Waals surface area contributed by atoms with Crippen molar-refractivity contribution in [2.24, 2.45) is 5.16 Å². The number of alkyl halides is 1. The Morgan fingerprint density at radius 3 is 2.44 bits per heavy atom. The number of halogens is 1. The first-order chi connectivity index (χ1) is 13.1. The highest BCUT2D eigenvalue weighted by Gasteiger charge is 2.51. The molecule has 0 radical (unpaired) electrons. The standard InChI is InChI=1S/C18H14BrN5O2S/c1-12-20-21-17(24(12)22-14-10-6-3-7-11-14)27-18(19)15(23-26-16(18)25)13-8-4-2-5-9-13/h2-11,22H,1H3. The van der Waals surface area contributed by atoms with Crippen LogP contribution in [0.1, 0.15) is 11.4 Å². The van der Waals surface area contributed by atoms with E-state index < -0.39 is 9.63 Å². The van der Waals surface area contributed by atoms with E-state index in [4.69, 9.17) is 4.84 Å². The van der Waals surface area contributed by atoms with E-state index in [9.17, 15) is 4.79 Å². The Labute approximate surface area is 167 Å². The number of carbonyl (C=O) groups excluding carboxylic acids is 1. The van der Waals surface area contributed by atoms with E-state index in [1.807, 2.05) is 67.6 Å². The highest BCUT2D eigenvalue weighted by Crippen LogP contribution is 2.44. The van der Waals surface area contributed by atoms with Gasteiger partial charge in [0.25, 0.3) is 0 Å². The molecule has 1 N–H and O–H groups in total. The van der Waals surface area contributed by atoms with Crippen LogP contribution < -0.4 is 5.43 Å². The first-order valence-electron chi connectivity index (χ1n) is 8.05. The number of hydrogen-bond acceptors (Lipinski definition) is 7. The Morgan fingerprint density at radius 1 is 1.07 bits per heavy atom. The van der Waals surface area contributed by atoms with Gasteiger partial charge in [-0.05, 0) is 30.8 Å². The predicted molar refractivity (Wildman–Crippen MR) is 107 cm³/mol. The first kappa shape index (κ1) is 17.7. The van der Waals surface area contributed by atoms with Gasteiger partial charge in [0.15, 0.2) is 0 Å². The van der Waals surface area contributed by atoms with Gasteiger partial charge in [-0.15, -0.1) is 10.2 Å². The van der Waals surface area contributed by atoms with Crippen molar-refractivity contribution in [2.75, 3.05) is 5.43 Å². The molecule has 0 spiro atoms. The second-order valence-corrected chi connectivity index (χ2v) is 8.62. The summed E-state index contributed by atoms with van der Waals surface area (Å²) in [4.78, 5) is 17.5. The fraction of sp³-hybridized carbons (Fsp3) is 0.111. The lowest BCUT2D eigenvalue weighted by molar-refractivity contribution is -0.140. The predicted octanol–water partition coefficient (Wildman–Crippen LogP) is 3.61. The van der Waals surface area contributed by atoms with Crippen LogP contribution in [0.4, 0.5) is 5.69 Å². The van der Waals surface area contributed by atoms with Gasteiger partial charge in [-0.2, -0.15) is 0 Å². The van der Waals surface area contributed by atoms with Crippen molar-refractivity contribution >= 4 is 45.1 Å². The number of oxime groups is 1. The number of carbonyl (C=O) groups is 1. The minimum atomic E-state index is -1.22. The van der Waals surface area contributed by atoms with Gasteiger partial charge in [0, 0.05) is 5.56 Å². The minimum absolute atomic E-state index is 0.477. The quantitative estimate of drug-likeness (QED) is 0.479. The summed E-state index contributed by atoms with van der Waals surface area (Å²) in [7, 11) is 0. The highest BCUT2D eigenvalue weighted by atomic mass is 79.9. The van der Waals surface area contributed by atoms with Crippen LogP contribution in [0.25, 0.3) is 0 Å². The van der Waals surface area contributed by atoms with Gasteiger partial charge >= 0.3 is 5.97 Å². The summed E-state index contributed by atoms with van der Waals surface area (Å²) < 4.78 is 0.501. The van der Waals surface area contributed by atoms with Crippen LogP contribution in [0, 0.1) is 6.92 Å². The molecule has 1 aromatic heterocycles. The Bertz CT molecular complexity index is 1010. The summed E-state index contributed by atoms with van der Waals surface area (Å²) in [6.07, 6.45) is 0. The Hall–Kier alpha value is -2.65. The van der Waals surface area contributed by atoms with Gasteiger partial charge in [-0.3, -0.25) is 5.43 Å². The van der Waals surface area contributed by atoms with E-state index >= 15 is 0 Å². The summed E-state index contributed by atoms with van der Waals surface area (Å²) in [6.45, 7) is 1.83. The summed E-state index contributed by atoms with van der Waals surface area (Å²) in [5.74, 6) is 0.139. The maximum absolute atomic E-state index is 12.5. The second kappa shape index (κ2) is 7.16. The van der Waals surface area contributed by atoms with Gasteiger partial charge in [0.05, 0.1) is 5.69 Å². The lowest BCUT2D eigenvalue weighted by atomic mass is 10.1. The van der Waals surface area contributed by atoms with E-state index in [2.05, 4.69) is 36.7 Å². The molecule has 0 saturated carbocycles. The van der Waals surface area contributed by atoms with Crippen LogP contribution in [0.15, 0.2) is 71.0 Å². The Morgan fingerprint density at radius 2 is 1.74 bits per heavy atom. The largest absolute Gasteiger partial charge is 0.368 e. The van der Waals surface area contributed by atoms with Crippen molar-refractivity contribution in [3.63, 3.8) is 0 Å². The number of aryl methyl sites for hydroxylation is 1. The molecule has 0 aliphatic carbocycles. The molecule has 1 aliphatic heterocycles. The fourth-order valence-electron chi connectivity index (χ4n) is 2.53. The van der Waals surface area contributed by atoms with Crippen molar-refractivity contribution in [1.82, 2.24) is 14.9 Å². The van der Waals surface area contributed by atoms with E-state index in [0.29, 0.717) is 16.7 Å². The molecule has 3 aromatic rings. The number of hydrogen-bond donors (Lipinski definition) is 1. The molecule has 9 heteroatoms. The molecule has 7 nitrogen and oxygen atoms in total. The maximum atomic E-state index is 12.5. The molecule has 0 bridgehead atoms. The zero-order valence-electron chi connectivity index (χ0n) is 14.2. The van der Waals surface area contributed by atoms with Crippen molar-refractivity contribution < 1.29 is 9.63 Å². The lowest BCUT2D eigenvalue weighted by Crippen LogP contribution is -2.34. The topological polar surface area (TPSA) is 81.4 Å². The van der Waals surface area contributed by atoms with E-state index in [0.717, 1.165) is 11.3 Å². The summed E-state index contributed by atoms with van der Waals surface area (Å²) >= 11 is 4.70. The van der Waals surface area contributed by atoms with Gasteiger partial charge in [0.2, 0.25) is 8.81 Å². The lowest BCUT2D eigenvalue weighted by Gasteiger charge is -2.19. The fourth-order valence-corrected chi connectivity index (χ4v) is 4.31. The van der Waals surface area contributed by atoms with Crippen LogP contribution in [0.5, 0.6) is 0 Å². The molecule has 1 atom stereocenters. The van der Waals surface area contributed by atoms with Crippen molar-refractivity contribution in [2.45, 2.75) is 15.7 Å². The van der Waals surface area contributed by atoms with Crippen LogP contribution in [0.2, 0.25) is 0 Å². The van der Waals surface area contributed by atoms with Crippen LogP contribution in [-0.4, -0.2) is 30.2 Å². The number of aromatic nitrogens is 3. The number of thioether (sulfide) groups is 1. The number of nitrogens with one attached hydrogen (secondary N) is 1. The third-order valence-electron chi connectivity index (χ3n) is 3.88. The molecule has 2 aromatic carbocycles. The minimum Gasteiger partial charge on any atom is -0.315 e. The molecule has 1 aliphatic rings. The van der Waals surface area contributed by atoms with Gasteiger partial charge in [-0.1, -0.05) is 69.6 Å². The number of anilines is 1. The van der Waals surface area contributed by atoms with E-state index in [-0.39, 0.29) is 0 Å². The molecule has 0 saturated heterocycles. The second-order valence-electron chi connectivity index (χ2n) is 5.73. The summed E-state index contributed by atoms with van der Waals surface area (Å²) in [6, 6.07) is 19.0. The van der Waals surface area contributed by atoms with E-state index in [1.54, 1.807) is 4.68 Å². The first-order valence-corrected chi connectivity index (χ1v) is 9.66. The molecule has 0 fully saturated rings. The average Bonchev–Trinajstić information content (AvgIpc) is 3.17. The molecule has 2 heterocycles. The van der Waals surface area contributed by atoms with Crippen molar-refractivity contribution in [1.29, 1.82) is 0 Å². The smallest absolute Gasteiger partial charge is 0.315 e. The average molecular weight is 444 g/mol. The molecular weight excluding hydrogens is 430 g/mol. The number of nitrogens with zero attached hydrogens (tertiary/aromatic N) is 4.